The van der Waals surface area contributed by atoms with E-state index < -0.39 is 24.3 Å². The molecule has 1 aromatic heterocycles. The molecule has 2 N–H and O–H groups in total. The topological polar surface area (TPSA) is 112 Å². The van der Waals surface area contributed by atoms with Gasteiger partial charge in [-0.2, -0.15) is 26.3 Å². The predicted octanol–water partition coefficient (Wildman–Crippen LogP) is 4.07. The highest BCUT2D eigenvalue weighted by molar-refractivity contribution is 5.73. The number of ether oxygens (including phenoxy) is 2. The average molecular weight is 588 g/mol. The van der Waals surface area contributed by atoms with Crippen LogP contribution in [0.3, 0.4) is 0 Å². The number of hydrogen-bond donors (Lipinski definition) is 2. The number of piperidine rings is 1. The zero-order valence-electron chi connectivity index (χ0n) is 22.3. The lowest BCUT2D eigenvalue weighted by molar-refractivity contribution is -0.193. The summed E-state index contributed by atoms with van der Waals surface area (Å²) >= 11 is 0. The molecule has 0 radical (unpaired) electrons. The SMILES string of the molecule is COc1ncccc1CN1CCC2(CC1)CC(COCC1CC1)N(C)C2.O=C(O)C(F)(F)F.O=C(O)C(F)(F)F. The van der Waals surface area contributed by atoms with Gasteiger partial charge in [0.15, 0.2) is 0 Å². The van der Waals surface area contributed by atoms with Crippen LogP contribution in [0.5, 0.6) is 5.88 Å². The van der Waals surface area contributed by atoms with Gasteiger partial charge < -0.3 is 24.6 Å². The molecule has 228 valence electrons. The zero-order chi connectivity index (χ0) is 30.1. The van der Waals surface area contributed by atoms with E-state index in [4.69, 9.17) is 29.3 Å². The monoisotopic (exact) mass is 587 g/mol. The van der Waals surface area contributed by atoms with Gasteiger partial charge in [0.25, 0.3) is 0 Å². The lowest BCUT2D eigenvalue weighted by Gasteiger charge is -2.39. The van der Waals surface area contributed by atoms with Crippen molar-refractivity contribution in [1.82, 2.24) is 14.8 Å². The Bertz CT molecular complexity index is 941. The number of carbonyl (C=O) groups is 2. The van der Waals surface area contributed by atoms with Gasteiger partial charge in [-0.1, -0.05) is 6.07 Å². The first-order valence-electron chi connectivity index (χ1n) is 12.6. The van der Waals surface area contributed by atoms with E-state index in [9.17, 15) is 26.3 Å². The maximum absolute atomic E-state index is 10.6. The second-order valence-electron chi connectivity index (χ2n) is 10.3. The van der Waals surface area contributed by atoms with Crippen LogP contribution in [0.15, 0.2) is 18.3 Å². The van der Waals surface area contributed by atoms with E-state index in [1.165, 1.54) is 57.3 Å². The summed E-state index contributed by atoms with van der Waals surface area (Å²) in [6.45, 7) is 6.41. The third-order valence-corrected chi connectivity index (χ3v) is 7.08. The summed E-state index contributed by atoms with van der Waals surface area (Å²) in [5.74, 6) is -3.88. The van der Waals surface area contributed by atoms with Crippen molar-refractivity contribution in [2.75, 3.05) is 47.0 Å². The fourth-order valence-corrected chi connectivity index (χ4v) is 4.74. The Kier molecular flexibility index (Phi) is 12.0. The van der Waals surface area contributed by atoms with Crippen LogP contribution in [0.2, 0.25) is 0 Å². The van der Waals surface area contributed by atoms with Crippen molar-refractivity contribution in [2.45, 2.75) is 57.0 Å². The molecule has 1 aliphatic carbocycles. The van der Waals surface area contributed by atoms with Gasteiger partial charge in [0.2, 0.25) is 5.88 Å². The second-order valence-corrected chi connectivity index (χ2v) is 10.3. The van der Waals surface area contributed by atoms with Crippen LogP contribution in [-0.2, 0) is 20.9 Å². The normalized spacial score (nSPS) is 21.1. The summed E-state index contributed by atoms with van der Waals surface area (Å²) in [5.41, 5.74) is 1.69. The number of carboxylic acids is 2. The molecule has 1 unspecified atom stereocenters. The molecule has 0 aromatic carbocycles. The number of halogens is 6. The van der Waals surface area contributed by atoms with Crippen molar-refractivity contribution < 1.29 is 55.6 Å². The minimum absolute atomic E-state index is 0.498. The standard InChI is InChI=1S/C21H33N3O2.2C2HF3O2/c1-23-16-21(12-19(23)15-26-14-17-5-6-17)7-10-24(11-8-21)13-18-4-3-9-22-20(18)25-2;2*3-2(4,5)1(6)7/h3-4,9,17,19H,5-8,10-16H2,1-2H3;2*(H,6,7). The second kappa shape index (κ2) is 14.3. The molecule has 0 amide bonds. The first-order valence-corrected chi connectivity index (χ1v) is 12.6. The zero-order valence-corrected chi connectivity index (χ0v) is 22.3. The summed E-state index contributed by atoms with van der Waals surface area (Å²) < 4.78 is 74.9. The van der Waals surface area contributed by atoms with Crippen molar-refractivity contribution >= 4 is 11.9 Å². The Morgan fingerprint density at radius 2 is 1.60 bits per heavy atom. The van der Waals surface area contributed by atoms with Crippen molar-refractivity contribution in [3.63, 3.8) is 0 Å². The molecule has 9 nitrogen and oxygen atoms in total. The number of nitrogens with zero attached hydrogens (tertiary/aromatic N) is 3. The number of methoxy groups -OCH3 is 1. The van der Waals surface area contributed by atoms with Crippen LogP contribution >= 0.6 is 0 Å². The van der Waals surface area contributed by atoms with Gasteiger partial charge in [-0.15, -0.1) is 0 Å². The first-order chi connectivity index (χ1) is 18.6. The highest BCUT2D eigenvalue weighted by Crippen LogP contribution is 2.43. The Hall–Kier alpha value is -2.65. The maximum Gasteiger partial charge on any atom is 0.490 e. The average Bonchev–Trinajstić information content (AvgIpc) is 3.64. The molecule has 3 heterocycles. The van der Waals surface area contributed by atoms with Gasteiger partial charge in [-0.25, -0.2) is 14.6 Å². The van der Waals surface area contributed by atoms with Gasteiger partial charge in [0, 0.05) is 37.5 Å². The number of aromatic nitrogens is 1. The first kappa shape index (κ1) is 33.6. The molecular formula is C25H35F6N3O6. The number of likely N-dealkylation sites (N-methyl/N-ethyl adjacent to an activating group) is 1. The van der Waals surface area contributed by atoms with E-state index in [2.05, 4.69) is 27.9 Å². The van der Waals surface area contributed by atoms with E-state index in [0.29, 0.717) is 11.5 Å². The smallest absolute Gasteiger partial charge is 0.481 e. The number of carboxylic acid groups (broad SMARTS) is 2. The molecule has 2 saturated heterocycles. The molecular weight excluding hydrogens is 552 g/mol. The fraction of sp³-hybridized carbons (Fsp3) is 0.720. The number of rotatable bonds is 7. The number of hydrogen-bond acceptors (Lipinski definition) is 7. The number of aliphatic carboxylic acids is 2. The van der Waals surface area contributed by atoms with Crippen molar-refractivity contribution in [3.05, 3.63) is 23.9 Å². The third kappa shape index (κ3) is 11.1. The molecule has 2 aliphatic heterocycles. The largest absolute Gasteiger partial charge is 0.490 e. The van der Waals surface area contributed by atoms with Crippen LogP contribution in [0.25, 0.3) is 0 Å². The van der Waals surface area contributed by atoms with Crippen molar-refractivity contribution in [1.29, 1.82) is 0 Å². The molecule has 40 heavy (non-hydrogen) atoms. The van der Waals surface area contributed by atoms with Gasteiger partial charge in [-0.05, 0) is 69.6 Å². The number of alkyl halides is 6. The molecule has 1 spiro atoms. The lowest BCUT2D eigenvalue weighted by atomic mass is 9.76. The van der Waals surface area contributed by atoms with Gasteiger partial charge in [-0.3, -0.25) is 4.90 Å². The summed E-state index contributed by atoms with van der Waals surface area (Å²) in [6.07, 6.45) is -1.73. The lowest BCUT2D eigenvalue weighted by Crippen LogP contribution is -2.40. The summed E-state index contributed by atoms with van der Waals surface area (Å²) in [7, 11) is 3.99. The molecule has 1 atom stereocenters. The molecule has 3 aliphatic rings. The van der Waals surface area contributed by atoms with Crippen LogP contribution < -0.4 is 4.74 Å². The third-order valence-electron chi connectivity index (χ3n) is 7.08. The maximum atomic E-state index is 10.6. The van der Waals surface area contributed by atoms with E-state index in [0.717, 1.165) is 31.6 Å². The minimum Gasteiger partial charge on any atom is -0.481 e. The molecule has 1 aromatic rings. The van der Waals surface area contributed by atoms with E-state index in [1.807, 2.05) is 6.07 Å². The Morgan fingerprint density at radius 1 is 1.05 bits per heavy atom. The van der Waals surface area contributed by atoms with Gasteiger partial charge in [0.05, 0.1) is 13.7 Å². The molecule has 1 saturated carbocycles. The molecule has 4 rings (SSSR count). The Morgan fingerprint density at radius 3 is 2.08 bits per heavy atom. The summed E-state index contributed by atoms with van der Waals surface area (Å²) in [5, 5.41) is 14.2. The van der Waals surface area contributed by atoms with Crippen LogP contribution in [0.1, 0.15) is 37.7 Å². The number of pyridine rings is 1. The quantitative estimate of drug-likeness (QED) is 0.456. The predicted molar refractivity (Wildman–Crippen MR) is 130 cm³/mol. The van der Waals surface area contributed by atoms with E-state index in [1.54, 1.807) is 13.3 Å². The number of likely N-dealkylation sites (tertiary alicyclic amines) is 2. The van der Waals surface area contributed by atoms with Crippen molar-refractivity contribution in [3.8, 4) is 5.88 Å². The van der Waals surface area contributed by atoms with Crippen molar-refractivity contribution in [2.24, 2.45) is 11.3 Å². The van der Waals surface area contributed by atoms with E-state index in [-0.39, 0.29) is 0 Å². The van der Waals surface area contributed by atoms with Crippen LogP contribution in [0.4, 0.5) is 26.3 Å². The highest BCUT2D eigenvalue weighted by Gasteiger charge is 2.44. The highest BCUT2D eigenvalue weighted by atomic mass is 19.4. The van der Waals surface area contributed by atoms with E-state index >= 15 is 0 Å². The van der Waals surface area contributed by atoms with Crippen LogP contribution in [-0.4, -0.2) is 102 Å². The summed E-state index contributed by atoms with van der Waals surface area (Å²) in [4.78, 5) is 27.2. The molecule has 3 fully saturated rings. The molecule has 0 bridgehead atoms. The summed E-state index contributed by atoms with van der Waals surface area (Å²) in [6, 6.07) is 4.74. The molecule has 15 heteroatoms. The van der Waals surface area contributed by atoms with Gasteiger partial charge in [0.1, 0.15) is 0 Å². The van der Waals surface area contributed by atoms with Gasteiger partial charge >= 0.3 is 24.3 Å². The Balaban J connectivity index is 0.000000333. The fourth-order valence-electron chi connectivity index (χ4n) is 4.74. The Labute approximate surface area is 228 Å². The van der Waals surface area contributed by atoms with Crippen LogP contribution in [0, 0.1) is 11.3 Å². The minimum atomic E-state index is -5.08.